The third-order valence-electron chi connectivity index (χ3n) is 2.86. The van der Waals surface area contributed by atoms with Crippen LogP contribution in [0.5, 0.6) is 0 Å². The molecule has 6 nitrogen and oxygen atoms in total. The Labute approximate surface area is 105 Å². The molecule has 1 fully saturated rings. The van der Waals surface area contributed by atoms with Gasteiger partial charge in [-0.25, -0.2) is 4.98 Å². The van der Waals surface area contributed by atoms with Crippen molar-refractivity contribution in [2.45, 2.75) is 12.5 Å². The largest absolute Gasteiger partial charge is 0.372 e. The number of ether oxygens (including phenoxy) is 1. The van der Waals surface area contributed by atoms with E-state index in [0.29, 0.717) is 19.0 Å². The summed E-state index contributed by atoms with van der Waals surface area (Å²) in [4.78, 5) is 16.5. The second-order valence-electron chi connectivity index (χ2n) is 4.08. The zero-order valence-electron chi connectivity index (χ0n) is 9.99. The quantitative estimate of drug-likeness (QED) is 0.452. The molecule has 1 aliphatic heterocycles. The normalized spacial score (nSPS) is 18.9. The van der Waals surface area contributed by atoms with Crippen LogP contribution in [0.4, 0.5) is 11.5 Å². The highest BCUT2D eigenvalue weighted by molar-refractivity contribution is 5.57. The molecular weight excluding hydrogens is 234 g/mol. The van der Waals surface area contributed by atoms with Gasteiger partial charge in [-0.2, -0.15) is 0 Å². The predicted molar refractivity (Wildman–Crippen MR) is 67.7 cm³/mol. The Hall–Kier alpha value is -1.95. The molecule has 0 bridgehead atoms. The summed E-state index contributed by atoms with van der Waals surface area (Å²) in [6.07, 6.45) is 4.21. The molecule has 0 radical (unpaired) electrons. The maximum absolute atomic E-state index is 10.9. The van der Waals surface area contributed by atoms with Crippen molar-refractivity contribution in [1.82, 2.24) is 4.98 Å². The van der Waals surface area contributed by atoms with Crippen molar-refractivity contribution < 1.29 is 9.66 Å². The minimum absolute atomic E-state index is 0.0434. The fraction of sp³-hybridized carbons (Fsp3) is 0.417. The smallest absolute Gasteiger partial charge is 0.311 e. The van der Waals surface area contributed by atoms with Gasteiger partial charge in [0.1, 0.15) is 0 Å². The minimum Gasteiger partial charge on any atom is -0.372 e. The molecule has 0 spiro atoms. The highest BCUT2D eigenvalue weighted by Gasteiger charge is 2.28. The van der Waals surface area contributed by atoms with E-state index >= 15 is 0 Å². The van der Waals surface area contributed by atoms with E-state index in [0.717, 1.165) is 13.0 Å². The van der Waals surface area contributed by atoms with Crippen molar-refractivity contribution >= 4 is 11.5 Å². The topological polar surface area (TPSA) is 68.5 Å². The maximum atomic E-state index is 10.9. The molecule has 0 saturated carbocycles. The molecule has 1 aliphatic rings. The summed E-state index contributed by atoms with van der Waals surface area (Å²) in [6.45, 7) is 5.45. The van der Waals surface area contributed by atoms with Crippen molar-refractivity contribution in [3.05, 3.63) is 41.1 Å². The van der Waals surface area contributed by atoms with Gasteiger partial charge in [0.15, 0.2) is 0 Å². The lowest BCUT2D eigenvalue weighted by Gasteiger charge is -2.16. The van der Waals surface area contributed by atoms with Gasteiger partial charge in [0, 0.05) is 25.4 Å². The van der Waals surface area contributed by atoms with Crippen molar-refractivity contribution in [2.24, 2.45) is 0 Å². The Morgan fingerprint density at radius 1 is 1.72 bits per heavy atom. The molecule has 1 unspecified atom stereocenters. The number of rotatable bonds is 5. The maximum Gasteiger partial charge on any atom is 0.311 e. The van der Waals surface area contributed by atoms with Crippen molar-refractivity contribution in [3.8, 4) is 0 Å². The van der Waals surface area contributed by atoms with Crippen LogP contribution in [0.2, 0.25) is 0 Å². The van der Waals surface area contributed by atoms with Crippen LogP contribution in [0.25, 0.3) is 0 Å². The number of pyridine rings is 1. The van der Waals surface area contributed by atoms with Crippen molar-refractivity contribution in [2.75, 3.05) is 24.6 Å². The second-order valence-corrected chi connectivity index (χ2v) is 4.08. The third kappa shape index (κ3) is 2.65. The number of hydrogen-bond donors (Lipinski definition) is 0. The molecule has 0 amide bonds. The molecule has 0 N–H and O–H groups in total. The van der Waals surface area contributed by atoms with Gasteiger partial charge in [-0.05, 0) is 12.5 Å². The van der Waals surface area contributed by atoms with E-state index in [4.69, 9.17) is 4.74 Å². The van der Waals surface area contributed by atoms with Gasteiger partial charge in [0.25, 0.3) is 0 Å². The zero-order valence-corrected chi connectivity index (χ0v) is 9.99. The van der Waals surface area contributed by atoms with Crippen LogP contribution in [0.1, 0.15) is 6.42 Å². The molecule has 2 rings (SSSR count). The summed E-state index contributed by atoms with van der Waals surface area (Å²) in [5.41, 5.74) is 0.0434. The molecule has 1 aromatic rings. The van der Waals surface area contributed by atoms with Crippen LogP contribution in [0.3, 0.4) is 0 Å². The summed E-state index contributed by atoms with van der Waals surface area (Å²) >= 11 is 0. The van der Waals surface area contributed by atoms with Gasteiger partial charge in [0.2, 0.25) is 5.82 Å². The first-order valence-corrected chi connectivity index (χ1v) is 5.79. The first-order chi connectivity index (χ1) is 8.72. The van der Waals surface area contributed by atoms with Crippen LogP contribution in [0.15, 0.2) is 31.0 Å². The Morgan fingerprint density at radius 2 is 2.56 bits per heavy atom. The van der Waals surface area contributed by atoms with Gasteiger partial charge in [0.05, 0.1) is 17.6 Å². The van der Waals surface area contributed by atoms with Gasteiger partial charge in [-0.1, -0.05) is 6.08 Å². The summed E-state index contributed by atoms with van der Waals surface area (Å²) < 4.78 is 5.55. The third-order valence-corrected chi connectivity index (χ3v) is 2.86. The Balaban J connectivity index is 2.09. The van der Waals surface area contributed by atoms with Gasteiger partial charge >= 0.3 is 5.69 Å². The Morgan fingerprint density at radius 3 is 3.28 bits per heavy atom. The molecule has 6 heteroatoms. The number of nitrogens with zero attached hydrogens (tertiary/aromatic N) is 3. The number of aromatic nitrogens is 1. The number of nitro groups is 1. The van der Waals surface area contributed by atoms with Crippen LogP contribution in [-0.4, -0.2) is 35.7 Å². The highest BCUT2D eigenvalue weighted by atomic mass is 16.6. The molecule has 96 valence electrons. The van der Waals surface area contributed by atoms with Crippen molar-refractivity contribution in [3.63, 3.8) is 0 Å². The molecule has 1 atom stereocenters. The molecule has 18 heavy (non-hydrogen) atoms. The molecule has 2 heterocycles. The SMILES string of the molecule is C=CCOC1CCN(c2ncccc2[N+](=O)[O-])C1. The fourth-order valence-corrected chi connectivity index (χ4v) is 2.04. The summed E-state index contributed by atoms with van der Waals surface area (Å²) in [6, 6.07) is 3.05. The average molecular weight is 249 g/mol. The van der Waals surface area contributed by atoms with Crippen LogP contribution >= 0.6 is 0 Å². The average Bonchev–Trinajstić information content (AvgIpc) is 2.85. The van der Waals surface area contributed by atoms with Crippen LogP contribution in [-0.2, 0) is 4.74 Å². The van der Waals surface area contributed by atoms with Crippen LogP contribution < -0.4 is 4.90 Å². The summed E-state index contributed by atoms with van der Waals surface area (Å²) in [5.74, 6) is 0.423. The van der Waals surface area contributed by atoms with E-state index in [2.05, 4.69) is 11.6 Å². The molecule has 1 aromatic heterocycles. The fourth-order valence-electron chi connectivity index (χ4n) is 2.04. The lowest BCUT2D eigenvalue weighted by atomic mass is 10.3. The van der Waals surface area contributed by atoms with E-state index in [1.807, 2.05) is 4.90 Å². The number of anilines is 1. The minimum atomic E-state index is -0.403. The van der Waals surface area contributed by atoms with Crippen LogP contribution in [0, 0.1) is 10.1 Å². The zero-order chi connectivity index (χ0) is 13.0. The second kappa shape index (κ2) is 5.59. The van der Waals surface area contributed by atoms with E-state index in [1.54, 1.807) is 18.3 Å². The lowest BCUT2D eigenvalue weighted by molar-refractivity contribution is -0.384. The van der Waals surface area contributed by atoms with E-state index in [-0.39, 0.29) is 11.8 Å². The van der Waals surface area contributed by atoms with Gasteiger partial charge < -0.3 is 9.64 Å². The molecular formula is C12H15N3O3. The lowest BCUT2D eigenvalue weighted by Crippen LogP contribution is -2.24. The van der Waals surface area contributed by atoms with E-state index < -0.39 is 4.92 Å². The van der Waals surface area contributed by atoms with Gasteiger partial charge in [-0.3, -0.25) is 10.1 Å². The first kappa shape index (κ1) is 12.5. The monoisotopic (exact) mass is 249 g/mol. The Bertz CT molecular complexity index is 450. The predicted octanol–water partition coefficient (Wildman–Crippen LogP) is 1.77. The summed E-state index contributed by atoms with van der Waals surface area (Å²) in [7, 11) is 0. The first-order valence-electron chi connectivity index (χ1n) is 5.79. The van der Waals surface area contributed by atoms with Gasteiger partial charge in [-0.15, -0.1) is 6.58 Å². The molecule has 1 saturated heterocycles. The number of hydrogen-bond acceptors (Lipinski definition) is 5. The van der Waals surface area contributed by atoms with E-state index in [9.17, 15) is 10.1 Å². The van der Waals surface area contributed by atoms with Crippen molar-refractivity contribution in [1.29, 1.82) is 0 Å². The van der Waals surface area contributed by atoms with E-state index in [1.165, 1.54) is 6.07 Å². The summed E-state index contributed by atoms with van der Waals surface area (Å²) in [5, 5.41) is 10.9. The molecule has 0 aliphatic carbocycles. The molecule has 0 aromatic carbocycles. The highest BCUT2D eigenvalue weighted by Crippen LogP contribution is 2.28. The standard InChI is InChI=1S/C12H15N3O3/c1-2-8-18-10-5-7-14(9-10)12-11(15(16)17)4-3-6-13-12/h2-4,6,10H,1,5,7-9H2. The Kier molecular flexibility index (Phi) is 3.88.